The molecule has 3 aliphatic rings. The number of nitrogens with one attached hydrogen (secondary N) is 1. The average molecular weight is 271 g/mol. The van der Waals surface area contributed by atoms with Crippen molar-refractivity contribution in [2.45, 2.75) is 44.2 Å². The van der Waals surface area contributed by atoms with Gasteiger partial charge in [0.2, 0.25) is 0 Å². The van der Waals surface area contributed by atoms with Gasteiger partial charge in [0, 0.05) is 18.5 Å². The summed E-state index contributed by atoms with van der Waals surface area (Å²) in [4.78, 5) is 0. The van der Waals surface area contributed by atoms with E-state index in [0.29, 0.717) is 12.1 Å². The van der Waals surface area contributed by atoms with Crippen LogP contribution in [0.5, 0.6) is 11.5 Å². The van der Waals surface area contributed by atoms with Gasteiger partial charge in [0.25, 0.3) is 0 Å². The molecule has 0 aromatic heterocycles. The van der Waals surface area contributed by atoms with Crippen molar-refractivity contribution in [3.05, 3.63) is 29.8 Å². The molecule has 0 aliphatic carbocycles. The molecule has 0 radical (unpaired) electrons. The van der Waals surface area contributed by atoms with Gasteiger partial charge in [-0.25, -0.2) is 0 Å². The first-order valence-electron chi connectivity index (χ1n) is 7.75. The SMILES string of the molecule is C1=C(c2ccc3c(c2)OCCCO3)CC2CCCC1N2. The third-order valence-electron chi connectivity index (χ3n) is 4.50. The summed E-state index contributed by atoms with van der Waals surface area (Å²) in [5.74, 6) is 1.80. The fourth-order valence-corrected chi connectivity index (χ4v) is 3.50. The van der Waals surface area contributed by atoms with Crippen LogP contribution in [0.2, 0.25) is 0 Å². The number of benzene rings is 1. The van der Waals surface area contributed by atoms with E-state index in [4.69, 9.17) is 9.47 Å². The van der Waals surface area contributed by atoms with Crippen molar-refractivity contribution < 1.29 is 9.47 Å². The topological polar surface area (TPSA) is 30.5 Å². The highest BCUT2D eigenvalue weighted by atomic mass is 16.5. The first kappa shape index (κ1) is 12.3. The van der Waals surface area contributed by atoms with Gasteiger partial charge in [-0.05, 0) is 42.5 Å². The van der Waals surface area contributed by atoms with Crippen molar-refractivity contribution in [1.82, 2.24) is 5.32 Å². The lowest BCUT2D eigenvalue weighted by Crippen LogP contribution is -2.44. The molecule has 2 atom stereocenters. The highest BCUT2D eigenvalue weighted by molar-refractivity contribution is 5.70. The summed E-state index contributed by atoms with van der Waals surface area (Å²) >= 11 is 0. The number of ether oxygens (including phenoxy) is 2. The predicted octanol–water partition coefficient (Wildman–Crippen LogP) is 3.15. The van der Waals surface area contributed by atoms with Crippen molar-refractivity contribution in [1.29, 1.82) is 0 Å². The molecule has 0 saturated carbocycles. The van der Waals surface area contributed by atoms with Gasteiger partial charge in [-0.2, -0.15) is 0 Å². The van der Waals surface area contributed by atoms with Crippen LogP contribution in [0.1, 0.15) is 37.7 Å². The first-order chi connectivity index (χ1) is 9.88. The third kappa shape index (κ3) is 2.31. The van der Waals surface area contributed by atoms with Crippen LogP contribution >= 0.6 is 0 Å². The number of rotatable bonds is 1. The van der Waals surface area contributed by atoms with Gasteiger partial charge in [-0.1, -0.05) is 18.6 Å². The molecule has 4 rings (SSSR count). The third-order valence-corrected chi connectivity index (χ3v) is 4.50. The van der Waals surface area contributed by atoms with Crippen molar-refractivity contribution in [3.63, 3.8) is 0 Å². The smallest absolute Gasteiger partial charge is 0.161 e. The highest BCUT2D eigenvalue weighted by Gasteiger charge is 2.26. The number of hydrogen-bond acceptors (Lipinski definition) is 3. The van der Waals surface area contributed by atoms with Gasteiger partial charge >= 0.3 is 0 Å². The van der Waals surface area contributed by atoms with Crippen LogP contribution in [-0.2, 0) is 0 Å². The molecule has 106 valence electrons. The number of fused-ring (bicyclic) bond motifs is 3. The van der Waals surface area contributed by atoms with Crippen LogP contribution in [0.25, 0.3) is 5.57 Å². The minimum absolute atomic E-state index is 0.563. The molecular formula is C17H21NO2. The lowest BCUT2D eigenvalue weighted by Gasteiger charge is -2.35. The maximum atomic E-state index is 5.81. The second kappa shape index (κ2) is 5.13. The van der Waals surface area contributed by atoms with Crippen LogP contribution in [-0.4, -0.2) is 25.3 Å². The standard InChI is InChI=1S/C17H21NO2/c1-3-14-9-13(10-15(4-1)18-14)12-5-6-16-17(11-12)20-8-2-7-19-16/h5-6,9,11,14-15,18H,1-4,7-8,10H2. The molecule has 0 spiro atoms. The highest BCUT2D eigenvalue weighted by Crippen LogP contribution is 2.36. The summed E-state index contributed by atoms with van der Waals surface area (Å²) in [5.41, 5.74) is 2.77. The van der Waals surface area contributed by atoms with Crippen LogP contribution in [0.15, 0.2) is 24.3 Å². The predicted molar refractivity (Wildman–Crippen MR) is 79.2 cm³/mol. The van der Waals surface area contributed by atoms with E-state index in [-0.39, 0.29) is 0 Å². The Morgan fingerprint density at radius 1 is 1.00 bits per heavy atom. The first-order valence-corrected chi connectivity index (χ1v) is 7.75. The fraction of sp³-hybridized carbons (Fsp3) is 0.529. The summed E-state index contributed by atoms with van der Waals surface area (Å²) in [5, 5.41) is 3.69. The van der Waals surface area contributed by atoms with E-state index in [1.54, 1.807) is 0 Å². The molecule has 3 heterocycles. The van der Waals surface area contributed by atoms with Crippen LogP contribution in [0, 0.1) is 0 Å². The van der Waals surface area contributed by atoms with Crippen molar-refractivity contribution in [2.24, 2.45) is 0 Å². The summed E-state index contributed by atoms with van der Waals surface area (Å²) < 4.78 is 11.5. The van der Waals surface area contributed by atoms with Gasteiger partial charge in [0.1, 0.15) is 0 Å². The van der Waals surface area contributed by atoms with E-state index in [0.717, 1.165) is 37.6 Å². The van der Waals surface area contributed by atoms with Crippen LogP contribution in [0.3, 0.4) is 0 Å². The lowest BCUT2D eigenvalue weighted by molar-refractivity contribution is 0.297. The Kier molecular flexibility index (Phi) is 3.15. The Morgan fingerprint density at radius 2 is 1.90 bits per heavy atom. The van der Waals surface area contributed by atoms with E-state index in [1.807, 2.05) is 0 Å². The van der Waals surface area contributed by atoms with E-state index in [9.17, 15) is 0 Å². The van der Waals surface area contributed by atoms with Crippen molar-refractivity contribution >= 4 is 5.57 Å². The van der Waals surface area contributed by atoms with E-state index in [2.05, 4.69) is 29.6 Å². The van der Waals surface area contributed by atoms with Crippen LogP contribution < -0.4 is 14.8 Å². The quantitative estimate of drug-likeness (QED) is 0.851. The zero-order valence-electron chi connectivity index (χ0n) is 11.7. The second-order valence-electron chi connectivity index (χ2n) is 6.01. The molecule has 1 fully saturated rings. The Morgan fingerprint density at radius 3 is 2.80 bits per heavy atom. The zero-order chi connectivity index (χ0) is 13.4. The summed E-state index contributed by atoms with van der Waals surface area (Å²) in [6.45, 7) is 1.51. The van der Waals surface area contributed by atoms with Gasteiger partial charge < -0.3 is 14.8 Å². The van der Waals surface area contributed by atoms with Crippen molar-refractivity contribution in [2.75, 3.05) is 13.2 Å². The monoisotopic (exact) mass is 271 g/mol. The van der Waals surface area contributed by atoms with Gasteiger partial charge in [0.05, 0.1) is 13.2 Å². The van der Waals surface area contributed by atoms with E-state index >= 15 is 0 Å². The molecule has 1 saturated heterocycles. The molecular weight excluding hydrogens is 250 g/mol. The van der Waals surface area contributed by atoms with Gasteiger partial charge in [-0.15, -0.1) is 0 Å². The molecule has 20 heavy (non-hydrogen) atoms. The fourth-order valence-electron chi connectivity index (χ4n) is 3.50. The van der Waals surface area contributed by atoms with Gasteiger partial charge in [-0.3, -0.25) is 0 Å². The lowest BCUT2D eigenvalue weighted by atomic mass is 9.85. The normalized spacial score (nSPS) is 28.5. The molecule has 0 amide bonds. The van der Waals surface area contributed by atoms with Crippen LogP contribution in [0.4, 0.5) is 0 Å². The molecule has 2 unspecified atom stereocenters. The maximum Gasteiger partial charge on any atom is 0.161 e. The van der Waals surface area contributed by atoms with Crippen molar-refractivity contribution in [3.8, 4) is 11.5 Å². The molecule has 2 bridgehead atoms. The second-order valence-corrected chi connectivity index (χ2v) is 6.01. The summed E-state index contributed by atoms with van der Waals surface area (Å²) in [6, 6.07) is 7.63. The molecule has 1 aromatic rings. The molecule has 3 aliphatic heterocycles. The summed E-state index contributed by atoms with van der Waals surface area (Å²) in [6.07, 6.45) is 8.43. The zero-order valence-corrected chi connectivity index (χ0v) is 11.7. The molecule has 3 heteroatoms. The Balaban J connectivity index is 1.65. The van der Waals surface area contributed by atoms with Gasteiger partial charge in [0.15, 0.2) is 11.5 Å². The minimum Gasteiger partial charge on any atom is -0.490 e. The van der Waals surface area contributed by atoms with E-state index < -0.39 is 0 Å². The average Bonchev–Trinajstić information content (AvgIpc) is 2.71. The maximum absolute atomic E-state index is 5.81. The molecule has 1 aromatic carbocycles. The molecule has 3 nitrogen and oxygen atoms in total. The number of hydrogen-bond donors (Lipinski definition) is 1. The number of piperidine rings is 1. The Hall–Kier alpha value is -1.48. The minimum atomic E-state index is 0.563. The Labute approximate surface area is 120 Å². The summed E-state index contributed by atoms with van der Waals surface area (Å²) in [7, 11) is 0. The van der Waals surface area contributed by atoms with E-state index in [1.165, 1.54) is 30.4 Å². The largest absolute Gasteiger partial charge is 0.490 e. The Bertz CT molecular complexity index is 538. The molecule has 1 N–H and O–H groups in total.